The molecule has 0 fully saturated rings. The summed E-state index contributed by atoms with van der Waals surface area (Å²) in [6.45, 7) is 2.05. The number of rotatable bonds is 1. The van der Waals surface area contributed by atoms with Gasteiger partial charge in [-0.05, 0) is 23.3 Å². The lowest BCUT2D eigenvalue weighted by Crippen LogP contribution is -1.78. The summed E-state index contributed by atoms with van der Waals surface area (Å²) >= 11 is 1.64. The van der Waals surface area contributed by atoms with Crippen molar-refractivity contribution in [2.75, 3.05) is 0 Å². The van der Waals surface area contributed by atoms with Crippen molar-refractivity contribution in [3.8, 4) is 0 Å². The Morgan fingerprint density at radius 3 is 3.00 bits per heavy atom. The highest BCUT2D eigenvalue weighted by atomic mass is 32.1. The fourth-order valence-electron chi connectivity index (χ4n) is 1.39. The van der Waals surface area contributed by atoms with E-state index in [-0.39, 0.29) is 5.82 Å². The first kappa shape index (κ1) is 7.74. The van der Waals surface area contributed by atoms with Gasteiger partial charge in [0.1, 0.15) is 5.82 Å². The zero-order valence-electron chi connectivity index (χ0n) is 6.80. The molecule has 12 heavy (non-hydrogen) atoms. The van der Waals surface area contributed by atoms with E-state index in [1.165, 1.54) is 6.07 Å². The van der Waals surface area contributed by atoms with Gasteiger partial charge in [0.2, 0.25) is 0 Å². The second kappa shape index (κ2) is 2.87. The van der Waals surface area contributed by atoms with Crippen molar-refractivity contribution in [2.45, 2.75) is 13.3 Å². The molecule has 0 atom stereocenters. The average molecular weight is 180 g/mol. The van der Waals surface area contributed by atoms with Crippen LogP contribution in [0.2, 0.25) is 0 Å². The highest BCUT2D eigenvalue weighted by molar-refractivity contribution is 7.11. The van der Waals surface area contributed by atoms with Gasteiger partial charge in [0, 0.05) is 10.3 Å². The van der Waals surface area contributed by atoms with Crippen molar-refractivity contribution in [2.24, 2.45) is 0 Å². The number of thiophene rings is 1. The van der Waals surface area contributed by atoms with Gasteiger partial charge in [0.25, 0.3) is 0 Å². The molecule has 1 aromatic carbocycles. The van der Waals surface area contributed by atoms with Crippen LogP contribution >= 0.6 is 11.3 Å². The predicted octanol–water partition coefficient (Wildman–Crippen LogP) is 3.60. The SMILES string of the molecule is CCc1scc2cccc(F)c12. The minimum absolute atomic E-state index is 0.0920. The van der Waals surface area contributed by atoms with Crippen molar-refractivity contribution in [1.82, 2.24) is 0 Å². The molecule has 0 aliphatic heterocycles. The number of hydrogen-bond donors (Lipinski definition) is 0. The Labute approximate surface area is 74.6 Å². The van der Waals surface area contributed by atoms with E-state index < -0.39 is 0 Å². The first-order valence-corrected chi connectivity index (χ1v) is 4.85. The van der Waals surface area contributed by atoms with Crippen LogP contribution in [-0.2, 0) is 6.42 Å². The van der Waals surface area contributed by atoms with Crippen LogP contribution in [0.4, 0.5) is 4.39 Å². The van der Waals surface area contributed by atoms with Crippen LogP contribution in [0.15, 0.2) is 23.6 Å². The molecule has 0 aliphatic carbocycles. The molecule has 62 valence electrons. The summed E-state index contributed by atoms with van der Waals surface area (Å²) in [4.78, 5) is 1.14. The summed E-state index contributed by atoms with van der Waals surface area (Å²) in [7, 11) is 0. The summed E-state index contributed by atoms with van der Waals surface area (Å²) in [5.74, 6) is -0.0920. The molecule has 0 radical (unpaired) electrons. The maximum atomic E-state index is 13.3. The Balaban J connectivity index is 2.83. The van der Waals surface area contributed by atoms with Gasteiger partial charge in [-0.1, -0.05) is 19.1 Å². The van der Waals surface area contributed by atoms with Crippen molar-refractivity contribution >= 4 is 22.1 Å². The molecule has 1 aromatic heterocycles. The van der Waals surface area contributed by atoms with E-state index in [1.807, 2.05) is 11.4 Å². The molecule has 2 aromatic rings. The molecule has 0 N–H and O–H groups in total. The minimum atomic E-state index is -0.0920. The molecular formula is C10H9FS. The van der Waals surface area contributed by atoms with Gasteiger partial charge in [-0.2, -0.15) is 0 Å². The first-order valence-electron chi connectivity index (χ1n) is 3.97. The van der Waals surface area contributed by atoms with Crippen LogP contribution in [0, 0.1) is 5.82 Å². The molecule has 0 bridgehead atoms. The fourth-order valence-corrected chi connectivity index (χ4v) is 2.35. The van der Waals surface area contributed by atoms with Gasteiger partial charge >= 0.3 is 0 Å². The van der Waals surface area contributed by atoms with Crippen LogP contribution < -0.4 is 0 Å². The average Bonchev–Trinajstić information content (AvgIpc) is 2.49. The van der Waals surface area contributed by atoms with Crippen molar-refractivity contribution in [3.05, 3.63) is 34.3 Å². The molecule has 0 saturated carbocycles. The Kier molecular flexibility index (Phi) is 1.85. The molecule has 1 heterocycles. The third-order valence-electron chi connectivity index (χ3n) is 1.97. The number of benzene rings is 1. The third-order valence-corrected chi connectivity index (χ3v) is 3.12. The van der Waals surface area contributed by atoms with Crippen LogP contribution in [0.25, 0.3) is 10.8 Å². The molecule has 0 aliphatic rings. The van der Waals surface area contributed by atoms with Gasteiger partial charge in [0.15, 0.2) is 0 Å². The maximum absolute atomic E-state index is 13.3. The Morgan fingerprint density at radius 1 is 1.42 bits per heavy atom. The minimum Gasteiger partial charge on any atom is -0.206 e. The molecule has 0 nitrogen and oxygen atoms in total. The fraction of sp³-hybridized carbons (Fsp3) is 0.200. The summed E-state index contributed by atoms with van der Waals surface area (Å²) < 4.78 is 13.3. The molecule has 0 saturated heterocycles. The van der Waals surface area contributed by atoms with E-state index in [1.54, 1.807) is 17.4 Å². The lowest BCUT2D eigenvalue weighted by molar-refractivity contribution is 0.639. The maximum Gasteiger partial charge on any atom is 0.132 e. The van der Waals surface area contributed by atoms with E-state index in [4.69, 9.17) is 0 Å². The zero-order chi connectivity index (χ0) is 8.55. The largest absolute Gasteiger partial charge is 0.206 e. The Hall–Kier alpha value is -0.890. The van der Waals surface area contributed by atoms with Crippen molar-refractivity contribution in [1.29, 1.82) is 0 Å². The number of fused-ring (bicyclic) bond motifs is 1. The highest BCUT2D eigenvalue weighted by Gasteiger charge is 2.05. The quantitative estimate of drug-likeness (QED) is 0.629. The normalized spacial score (nSPS) is 10.8. The van der Waals surface area contributed by atoms with Crippen LogP contribution in [0.3, 0.4) is 0 Å². The summed E-state index contributed by atoms with van der Waals surface area (Å²) in [5, 5.41) is 3.85. The van der Waals surface area contributed by atoms with E-state index in [2.05, 4.69) is 6.92 Å². The van der Waals surface area contributed by atoms with Crippen LogP contribution in [0.1, 0.15) is 11.8 Å². The Morgan fingerprint density at radius 2 is 2.25 bits per heavy atom. The molecular weight excluding hydrogens is 171 g/mol. The number of aryl methyl sites for hydroxylation is 1. The molecule has 0 amide bonds. The second-order valence-corrected chi connectivity index (χ2v) is 3.68. The van der Waals surface area contributed by atoms with Gasteiger partial charge in [-0.3, -0.25) is 0 Å². The van der Waals surface area contributed by atoms with E-state index in [0.717, 1.165) is 22.1 Å². The van der Waals surface area contributed by atoms with Gasteiger partial charge in [-0.25, -0.2) is 4.39 Å². The molecule has 0 spiro atoms. The predicted molar refractivity (Wildman–Crippen MR) is 51.2 cm³/mol. The number of halogens is 1. The lowest BCUT2D eigenvalue weighted by Gasteiger charge is -1.94. The van der Waals surface area contributed by atoms with Crippen LogP contribution in [-0.4, -0.2) is 0 Å². The smallest absolute Gasteiger partial charge is 0.132 e. The monoisotopic (exact) mass is 180 g/mol. The summed E-state index contributed by atoms with van der Waals surface area (Å²) in [5.41, 5.74) is 0. The van der Waals surface area contributed by atoms with E-state index in [9.17, 15) is 4.39 Å². The first-order chi connectivity index (χ1) is 5.83. The molecule has 2 rings (SSSR count). The van der Waals surface area contributed by atoms with Gasteiger partial charge < -0.3 is 0 Å². The van der Waals surface area contributed by atoms with Crippen molar-refractivity contribution < 1.29 is 4.39 Å². The summed E-state index contributed by atoms with van der Waals surface area (Å²) in [6, 6.07) is 5.23. The highest BCUT2D eigenvalue weighted by Crippen LogP contribution is 2.28. The van der Waals surface area contributed by atoms with Gasteiger partial charge in [0.05, 0.1) is 0 Å². The topological polar surface area (TPSA) is 0 Å². The lowest BCUT2D eigenvalue weighted by atomic mass is 10.1. The van der Waals surface area contributed by atoms with Gasteiger partial charge in [-0.15, -0.1) is 11.3 Å². The van der Waals surface area contributed by atoms with E-state index in [0.29, 0.717) is 0 Å². The van der Waals surface area contributed by atoms with Crippen LogP contribution in [0.5, 0.6) is 0 Å². The molecule has 2 heteroatoms. The third kappa shape index (κ3) is 1.03. The zero-order valence-corrected chi connectivity index (χ0v) is 7.62. The standard InChI is InChI=1S/C10H9FS/c1-2-9-10-7(6-12-9)4-3-5-8(10)11/h3-6H,2H2,1H3. The summed E-state index contributed by atoms with van der Waals surface area (Å²) in [6.07, 6.45) is 0.912. The van der Waals surface area contributed by atoms with E-state index >= 15 is 0 Å². The Bertz CT molecular complexity index is 403. The van der Waals surface area contributed by atoms with Crippen molar-refractivity contribution in [3.63, 3.8) is 0 Å². The number of hydrogen-bond acceptors (Lipinski definition) is 1. The molecule has 0 unspecified atom stereocenters. The second-order valence-electron chi connectivity index (χ2n) is 2.72.